The number of fused-ring (bicyclic) bond motifs is 1. The third-order valence-corrected chi connectivity index (χ3v) is 3.08. The van der Waals surface area contributed by atoms with Gasteiger partial charge in [0.05, 0.1) is 0 Å². The van der Waals surface area contributed by atoms with E-state index >= 15 is 0 Å². The van der Waals surface area contributed by atoms with Gasteiger partial charge >= 0.3 is 5.97 Å². The molecule has 16 heavy (non-hydrogen) atoms. The number of hydrogen-bond donors (Lipinski definition) is 3. The van der Waals surface area contributed by atoms with Crippen molar-refractivity contribution in [3.63, 3.8) is 0 Å². The van der Waals surface area contributed by atoms with Crippen molar-refractivity contribution >= 4 is 17.6 Å². The van der Waals surface area contributed by atoms with E-state index in [1.807, 2.05) is 12.1 Å². The number of carboxylic acids is 1. The zero-order valence-corrected chi connectivity index (χ0v) is 9.42. The molecule has 0 radical (unpaired) electrons. The molecule has 0 amide bonds. The number of nitrogens with two attached hydrogens (primary N) is 1. The van der Waals surface area contributed by atoms with Crippen LogP contribution < -0.4 is 11.1 Å². The van der Waals surface area contributed by atoms with Gasteiger partial charge in [-0.1, -0.05) is 11.6 Å². The second kappa shape index (κ2) is 4.41. The quantitative estimate of drug-likeness (QED) is 0.718. The highest BCUT2D eigenvalue weighted by Gasteiger charge is 2.25. The zero-order valence-electron chi connectivity index (χ0n) is 8.66. The molecule has 0 aromatic heterocycles. The lowest BCUT2D eigenvalue weighted by Gasteiger charge is -2.25. The number of nitrogens with one attached hydrogen (secondary N) is 1. The summed E-state index contributed by atoms with van der Waals surface area (Å²) in [4.78, 5) is 10.9. The van der Waals surface area contributed by atoms with Gasteiger partial charge in [0.1, 0.15) is 6.04 Å². The molecule has 1 aliphatic heterocycles. The number of rotatable bonds is 2. The van der Waals surface area contributed by atoms with Gasteiger partial charge in [0.2, 0.25) is 0 Å². The molecule has 5 heteroatoms. The van der Waals surface area contributed by atoms with E-state index in [4.69, 9.17) is 22.4 Å². The van der Waals surface area contributed by atoms with E-state index in [1.165, 1.54) is 0 Å². The van der Waals surface area contributed by atoms with Crippen LogP contribution in [0.15, 0.2) is 12.1 Å². The average molecular weight is 241 g/mol. The number of aliphatic carboxylic acids is 1. The molecule has 1 aromatic rings. The van der Waals surface area contributed by atoms with Crippen molar-refractivity contribution in [1.82, 2.24) is 5.32 Å². The lowest BCUT2D eigenvalue weighted by molar-refractivity contribution is -0.139. The van der Waals surface area contributed by atoms with Crippen molar-refractivity contribution in [1.29, 1.82) is 0 Å². The van der Waals surface area contributed by atoms with Crippen molar-refractivity contribution < 1.29 is 9.90 Å². The van der Waals surface area contributed by atoms with Crippen molar-refractivity contribution in [2.45, 2.75) is 25.6 Å². The number of benzene rings is 1. The molecule has 0 fully saturated rings. The maximum Gasteiger partial charge on any atom is 0.321 e. The van der Waals surface area contributed by atoms with Gasteiger partial charge in [-0.2, -0.15) is 0 Å². The van der Waals surface area contributed by atoms with Gasteiger partial charge in [-0.05, 0) is 35.2 Å². The number of carbonyl (C=O) groups is 1. The Labute approximate surface area is 98.4 Å². The number of hydrogen-bond acceptors (Lipinski definition) is 3. The van der Waals surface area contributed by atoms with Crippen LogP contribution in [0.3, 0.4) is 0 Å². The molecule has 0 aliphatic carbocycles. The SMILES string of the molecule is NCc1cc(Cl)cc2c1CC(C(=O)O)NC2. The molecule has 86 valence electrons. The third kappa shape index (κ3) is 2.04. The summed E-state index contributed by atoms with van der Waals surface area (Å²) in [6.07, 6.45) is 0.467. The van der Waals surface area contributed by atoms with Crippen LogP contribution in [0.2, 0.25) is 5.02 Å². The molecule has 1 aliphatic rings. The van der Waals surface area contributed by atoms with E-state index < -0.39 is 12.0 Å². The molecular weight excluding hydrogens is 228 g/mol. The van der Waals surface area contributed by atoms with Crippen LogP contribution in [0.1, 0.15) is 16.7 Å². The predicted octanol–water partition coefficient (Wildman–Crippen LogP) is 0.898. The smallest absolute Gasteiger partial charge is 0.321 e. The summed E-state index contributed by atoms with van der Waals surface area (Å²) >= 11 is 5.96. The van der Waals surface area contributed by atoms with E-state index in [0.717, 1.165) is 16.7 Å². The van der Waals surface area contributed by atoms with Gasteiger partial charge in [-0.15, -0.1) is 0 Å². The Hall–Kier alpha value is -1.10. The first-order chi connectivity index (χ1) is 7.61. The summed E-state index contributed by atoms with van der Waals surface area (Å²) in [5, 5.41) is 12.6. The first-order valence-electron chi connectivity index (χ1n) is 5.08. The Morgan fingerprint density at radius 1 is 1.62 bits per heavy atom. The fraction of sp³-hybridized carbons (Fsp3) is 0.364. The lowest BCUT2D eigenvalue weighted by atomic mass is 9.91. The van der Waals surface area contributed by atoms with E-state index in [2.05, 4.69) is 5.32 Å². The summed E-state index contributed by atoms with van der Waals surface area (Å²) in [6, 6.07) is 3.14. The second-order valence-corrected chi connectivity index (χ2v) is 4.32. The van der Waals surface area contributed by atoms with E-state index in [-0.39, 0.29) is 0 Å². The van der Waals surface area contributed by atoms with Crippen molar-refractivity contribution in [3.8, 4) is 0 Å². The van der Waals surface area contributed by atoms with Crippen LogP contribution in [0.25, 0.3) is 0 Å². The summed E-state index contributed by atoms with van der Waals surface area (Å²) in [6.45, 7) is 0.912. The summed E-state index contributed by atoms with van der Waals surface area (Å²) in [5.74, 6) is -0.830. The van der Waals surface area contributed by atoms with Crippen molar-refractivity contribution in [2.24, 2.45) is 5.73 Å². The van der Waals surface area contributed by atoms with Gasteiger partial charge in [0.25, 0.3) is 0 Å². The molecule has 2 rings (SSSR count). The van der Waals surface area contributed by atoms with E-state index in [9.17, 15) is 4.79 Å². The molecule has 1 heterocycles. The monoisotopic (exact) mass is 240 g/mol. The topological polar surface area (TPSA) is 75.4 Å². The molecule has 0 bridgehead atoms. The first-order valence-corrected chi connectivity index (χ1v) is 5.46. The van der Waals surface area contributed by atoms with Crippen molar-refractivity contribution in [3.05, 3.63) is 33.8 Å². The van der Waals surface area contributed by atoms with Crippen LogP contribution in [0.5, 0.6) is 0 Å². The fourth-order valence-electron chi connectivity index (χ4n) is 2.04. The highest BCUT2D eigenvalue weighted by atomic mass is 35.5. The first kappa shape index (κ1) is 11.4. The normalized spacial score (nSPS) is 19.2. The molecule has 0 saturated heterocycles. The minimum Gasteiger partial charge on any atom is -0.480 e. The Bertz CT molecular complexity index is 417. The van der Waals surface area contributed by atoms with Crippen molar-refractivity contribution in [2.75, 3.05) is 0 Å². The van der Waals surface area contributed by atoms with Gasteiger partial charge < -0.3 is 16.2 Å². The van der Waals surface area contributed by atoms with Gasteiger partial charge in [0, 0.05) is 18.1 Å². The molecule has 1 atom stereocenters. The summed E-state index contributed by atoms with van der Waals surface area (Å²) in [5.41, 5.74) is 8.65. The molecule has 4 nitrogen and oxygen atoms in total. The summed E-state index contributed by atoms with van der Waals surface area (Å²) < 4.78 is 0. The van der Waals surface area contributed by atoms with E-state index in [1.54, 1.807) is 0 Å². The fourth-order valence-corrected chi connectivity index (χ4v) is 2.30. The van der Waals surface area contributed by atoms with Gasteiger partial charge in [-0.3, -0.25) is 4.79 Å². The molecule has 0 spiro atoms. The molecule has 1 unspecified atom stereocenters. The maximum absolute atomic E-state index is 10.9. The minimum absolute atomic E-state index is 0.384. The highest BCUT2D eigenvalue weighted by molar-refractivity contribution is 6.30. The Balaban J connectivity index is 2.39. The largest absolute Gasteiger partial charge is 0.480 e. The molecule has 4 N–H and O–H groups in total. The minimum atomic E-state index is -0.830. The lowest BCUT2D eigenvalue weighted by Crippen LogP contribution is -2.42. The Morgan fingerprint density at radius 2 is 2.38 bits per heavy atom. The van der Waals surface area contributed by atoms with Crippen LogP contribution in [0.4, 0.5) is 0 Å². The van der Waals surface area contributed by atoms with Crippen LogP contribution >= 0.6 is 11.6 Å². The van der Waals surface area contributed by atoms with E-state index in [0.29, 0.717) is 24.5 Å². The molecule has 0 saturated carbocycles. The average Bonchev–Trinajstić information content (AvgIpc) is 2.27. The third-order valence-electron chi connectivity index (χ3n) is 2.86. The number of carboxylic acid groups (broad SMARTS) is 1. The highest BCUT2D eigenvalue weighted by Crippen LogP contribution is 2.25. The molecule has 1 aromatic carbocycles. The van der Waals surface area contributed by atoms with Crippen LogP contribution in [0, 0.1) is 0 Å². The zero-order chi connectivity index (χ0) is 11.7. The van der Waals surface area contributed by atoms with Crippen LogP contribution in [-0.2, 0) is 24.3 Å². The maximum atomic E-state index is 10.9. The number of halogens is 1. The van der Waals surface area contributed by atoms with Gasteiger partial charge in [0.15, 0.2) is 0 Å². The van der Waals surface area contributed by atoms with Gasteiger partial charge in [-0.25, -0.2) is 0 Å². The predicted molar refractivity (Wildman–Crippen MR) is 61.3 cm³/mol. The summed E-state index contributed by atoms with van der Waals surface area (Å²) in [7, 11) is 0. The van der Waals surface area contributed by atoms with Crippen LogP contribution in [-0.4, -0.2) is 17.1 Å². The molecular formula is C11H13ClN2O2. The standard InChI is InChI=1S/C11H13ClN2O2/c12-8-1-6(4-13)9-3-10(11(15)16)14-5-7(9)2-8/h1-2,10,14H,3-5,13H2,(H,15,16). The Morgan fingerprint density at radius 3 is 3.00 bits per heavy atom. The Kier molecular flexibility index (Phi) is 3.14. The second-order valence-electron chi connectivity index (χ2n) is 3.88.